The van der Waals surface area contributed by atoms with Crippen molar-refractivity contribution in [2.24, 2.45) is 0 Å². The second-order valence-electron chi connectivity index (χ2n) is 7.36. The summed E-state index contributed by atoms with van der Waals surface area (Å²) in [4.78, 5) is 6.66. The van der Waals surface area contributed by atoms with Crippen LogP contribution in [-0.4, -0.2) is 42.0 Å². The van der Waals surface area contributed by atoms with Crippen molar-refractivity contribution >= 4 is 0 Å². The molecule has 1 fully saturated rings. The molecule has 0 saturated carbocycles. The SMILES string of the molecule is c1ccc(-n2nc(CN3CCC[C@H]3Cn3cncn3)c3c2CCC3)cc1. The molecule has 2 aromatic heterocycles. The standard InChI is InChI=1S/C20H24N6/c1-2-6-16(7-3-1)26-20-10-4-9-18(20)19(23-26)13-24-11-5-8-17(24)12-25-15-21-14-22-25/h1-3,6-7,14-15,17H,4-5,8-13H2/t17-/m0/s1. The maximum absolute atomic E-state index is 5.04. The van der Waals surface area contributed by atoms with Crippen LogP contribution in [0.5, 0.6) is 0 Å². The predicted octanol–water partition coefficient (Wildman–Crippen LogP) is 2.62. The van der Waals surface area contributed by atoms with Gasteiger partial charge in [-0.05, 0) is 56.3 Å². The number of aromatic nitrogens is 5. The van der Waals surface area contributed by atoms with E-state index in [4.69, 9.17) is 5.10 Å². The molecule has 0 unspecified atom stereocenters. The zero-order valence-electron chi connectivity index (χ0n) is 15.0. The Hall–Kier alpha value is -2.47. The van der Waals surface area contributed by atoms with Crippen molar-refractivity contribution in [2.75, 3.05) is 6.54 Å². The van der Waals surface area contributed by atoms with Crippen LogP contribution < -0.4 is 0 Å². The number of hydrogen-bond acceptors (Lipinski definition) is 4. The molecule has 0 radical (unpaired) electrons. The Morgan fingerprint density at radius 2 is 2.00 bits per heavy atom. The van der Waals surface area contributed by atoms with Gasteiger partial charge < -0.3 is 0 Å². The van der Waals surface area contributed by atoms with E-state index in [9.17, 15) is 0 Å². The third-order valence-corrected chi connectivity index (χ3v) is 5.73. The third kappa shape index (κ3) is 2.84. The molecule has 6 nitrogen and oxygen atoms in total. The summed E-state index contributed by atoms with van der Waals surface area (Å²) in [5, 5.41) is 9.32. The minimum Gasteiger partial charge on any atom is -0.293 e. The Morgan fingerprint density at radius 1 is 1.08 bits per heavy atom. The van der Waals surface area contributed by atoms with E-state index in [1.807, 2.05) is 11.0 Å². The van der Waals surface area contributed by atoms with E-state index in [0.29, 0.717) is 6.04 Å². The lowest BCUT2D eigenvalue weighted by Gasteiger charge is -2.23. The Kier molecular flexibility index (Phi) is 4.05. The molecule has 5 rings (SSSR count). The number of para-hydroxylation sites is 1. The Bertz CT molecular complexity index is 867. The molecule has 1 aliphatic carbocycles. The number of rotatable bonds is 5. The average molecular weight is 348 g/mol. The highest BCUT2D eigenvalue weighted by Gasteiger charge is 2.29. The number of nitrogens with zero attached hydrogens (tertiary/aromatic N) is 6. The van der Waals surface area contributed by atoms with Gasteiger partial charge >= 0.3 is 0 Å². The van der Waals surface area contributed by atoms with Gasteiger partial charge in [0.25, 0.3) is 0 Å². The molecular formula is C20H24N6. The monoisotopic (exact) mass is 348 g/mol. The van der Waals surface area contributed by atoms with Crippen LogP contribution in [0.4, 0.5) is 0 Å². The van der Waals surface area contributed by atoms with E-state index in [2.05, 4.69) is 50.0 Å². The Labute approximate surface area is 153 Å². The van der Waals surface area contributed by atoms with Gasteiger partial charge in [-0.15, -0.1) is 0 Å². The van der Waals surface area contributed by atoms with Crippen LogP contribution in [0, 0.1) is 0 Å². The molecule has 2 aliphatic rings. The van der Waals surface area contributed by atoms with E-state index >= 15 is 0 Å². The van der Waals surface area contributed by atoms with E-state index in [-0.39, 0.29) is 0 Å². The molecule has 6 heteroatoms. The number of likely N-dealkylation sites (tertiary alicyclic amines) is 1. The lowest BCUT2D eigenvalue weighted by molar-refractivity contribution is 0.216. The van der Waals surface area contributed by atoms with Gasteiger partial charge in [-0.25, -0.2) is 9.67 Å². The highest BCUT2D eigenvalue weighted by atomic mass is 15.3. The van der Waals surface area contributed by atoms with Gasteiger partial charge in [-0.1, -0.05) is 18.2 Å². The maximum atomic E-state index is 5.04. The van der Waals surface area contributed by atoms with Crippen LogP contribution in [-0.2, 0) is 25.9 Å². The van der Waals surface area contributed by atoms with Crippen molar-refractivity contribution in [3.05, 3.63) is 59.9 Å². The second-order valence-corrected chi connectivity index (χ2v) is 7.36. The molecule has 1 aliphatic heterocycles. The van der Waals surface area contributed by atoms with Crippen molar-refractivity contribution in [3.63, 3.8) is 0 Å². The minimum atomic E-state index is 0.524. The van der Waals surface area contributed by atoms with E-state index in [0.717, 1.165) is 26.1 Å². The van der Waals surface area contributed by atoms with E-state index < -0.39 is 0 Å². The van der Waals surface area contributed by atoms with Gasteiger partial charge in [0, 0.05) is 18.3 Å². The summed E-state index contributed by atoms with van der Waals surface area (Å²) < 4.78 is 4.14. The molecule has 134 valence electrons. The second kappa shape index (κ2) is 6.68. The van der Waals surface area contributed by atoms with E-state index in [1.54, 1.807) is 6.33 Å². The molecule has 1 aromatic carbocycles. The first-order valence-electron chi connectivity index (χ1n) is 9.60. The highest BCUT2D eigenvalue weighted by molar-refractivity contribution is 5.39. The zero-order valence-corrected chi connectivity index (χ0v) is 15.0. The van der Waals surface area contributed by atoms with Gasteiger partial charge in [0.15, 0.2) is 0 Å². The Morgan fingerprint density at radius 3 is 2.85 bits per heavy atom. The maximum Gasteiger partial charge on any atom is 0.137 e. The van der Waals surface area contributed by atoms with Crippen LogP contribution >= 0.6 is 0 Å². The molecule has 3 heterocycles. The molecule has 1 saturated heterocycles. The van der Waals surface area contributed by atoms with Crippen LogP contribution in [0.25, 0.3) is 5.69 Å². The molecule has 0 spiro atoms. The summed E-state index contributed by atoms with van der Waals surface area (Å²) >= 11 is 0. The number of fused-ring (bicyclic) bond motifs is 1. The molecule has 0 bridgehead atoms. The van der Waals surface area contributed by atoms with Crippen LogP contribution in [0.2, 0.25) is 0 Å². The first-order valence-corrected chi connectivity index (χ1v) is 9.60. The smallest absolute Gasteiger partial charge is 0.137 e. The van der Waals surface area contributed by atoms with Crippen LogP contribution in [0.1, 0.15) is 36.2 Å². The molecule has 0 amide bonds. The highest BCUT2D eigenvalue weighted by Crippen LogP contribution is 2.30. The summed E-state index contributed by atoms with van der Waals surface area (Å²) in [6.07, 6.45) is 9.46. The van der Waals surface area contributed by atoms with E-state index in [1.165, 1.54) is 48.3 Å². The third-order valence-electron chi connectivity index (χ3n) is 5.73. The topological polar surface area (TPSA) is 51.8 Å². The largest absolute Gasteiger partial charge is 0.293 e. The zero-order chi connectivity index (χ0) is 17.3. The number of hydrogen-bond donors (Lipinski definition) is 0. The van der Waals surface area contributed by atoms with Crippen LogP contribution in [0.15, 0.2) is 43.0 Å². The Balaban J connectivity index is 1.40. The fourth-order valence-electron chi connectivity index (χ4n) is 4.47. The molecule has 3 aromatic rings. The van der Waals surface area contributed by atoms with Gasteiger partial charge in [0.1, 0.15) is 12.7 Å². The number of benzene rings is 1. The van der Waals surface area contributed by atoms with Crippen molar-refractivity contribution in [1.82, 2.24) is 29.4 Å². The molecule has 26 heavy (non-hydrogen) atoms. The van der Waals surface area contributed by atoms with Gasteiger partial charge in [-0.2, -0.15) is 10.2 Å². The minimum absolute atomic E-state index is 0.524. The quantitative estimate of drug-likeness (QED) is 0.711. The normalized spacial score (nSPS) is 19.9. The van der Waals surface area contributed by atoms with Crippen molar-refractivity contribution in [3.8, 4) is 5.69 Å². The van der Waals surface area contributed by atoms with Gasteiger partial charge in [0.2, 0.25) is 0 Å². The van der Waals surface area contributed by atoms with Gasteiger partial charge in [0.05, 0.1) is 17.9 Å². The lowest BCUT2D eigenvalue weighted by Crippen LogP contribution is -2.33. The summed E-state index contributed by atoms with van der Waals surface area (Å²) in [6, 6.07) is 11.1. The van der Waals surface area contributed by atoms with Crippen LogP contribution in [0.3, 0.4) is 0 Å². The first kappa shape index (κ1) is 15.8. The van der Waals surface area contributed by atoms with Gasteiger partial charge in [-0.3, -0.25) is 9.58 Å². The summed E-state index contributed by atoms with van der Waals surface area (Å²) in [5.41, 5.74) is 5.35. The summed E-state index contributed by atoms with van der Waals surface area (Å²) in [7, 11) is 0. The summed E-state index contributed by atoms with van der Waals surface area (Å²) in [6.45, 7) is 3.01. The van der Waals surface area contributed by atoms with Crippen molar-refractivity contribution in [2.45, 2.75) is 51.2 Å². The fourth-order valence-corrected chi connectivity index (χ4v) is 4.47. The fraction of sp³-hybridized carbons (Fsp3) is 0.450. The predicted molar refractivity (Wildman–Crippen MR) is 99.0 cm³/mol. The first-order chi connectivity index (χ1) is 12.9. The van der Waals surface area contributed by atoms with Crippen molar-refractivity contribution in [1.29, 1.82) is 0 Å². The summed E-state index contributed by atoms with van der Waals surface area (Å²) in [5.74, 6) is 0. The van der Waals surface area contributed by atoms with Crippen molar-refractivity contribution < 1.29 is 0 Å². The average Bonchev–Trinajstić information content (AvgIpc) is 3.44. The molecular weight excluding hydrogens is 324 g/mol. The molecule has 0 N–H and O–H groups in total. The molecule has 1 atom stereocenters. The lowest BCUT2D eigenvalue weighted by atomic mass is 10.1.